The number of hydrogen-bond acceptors (Lipinski definition) is 4. The van der Waals surface area contributed by atoms with Crippen LogP contribution in [0.2, 0.25) is 0 Å². The van der Waals surface area contributed by atoms with Crippen molar-refractivity contribution in [1.29, 1.82) is 0 Å². The van der Waals surface area contributed by atoms with E-state index in [-0.39, 0.29) is 12.5 Å². The van der Waals surface area contributed by atoms with Crippen LogP contribution in [0.5, 0.6) is 0 Å². The summed E-state index contributed by atoms with van der Waals surface area (Å²) in [5, 5.41) is 2.61. The third-order valence-electron chi connectivity index (χ3n) is 2.14. The number of nitrogen functional groups attached to an aromatic ring is 1. The van der Waals surface area contributed by atoms with E-state index < -0.39 is 5.97 Å². The number of anilines is 1. The average Bonchev–Trinajstić information content (AvgIpc) is 2.36. The summed E-state index contributed by atoms with van der Waals surface area (Å²) in [5.74, 6) is -0.879. The Morgan fingerprint density at radius 1 is 1.44 bits per heavy atom. The molecule has 98 valence electrons. The van der Waals surface area contributed by atoms with Crippen LogP contribution in [0.15, 0.2) is 22.7 Å². The summed E-state index contributed by atoms with van der Waals surface area (Å²) in [6.07, 6.45) is 0.836. The van der Waals surface area contributed by atoms with Gasteiger partial charge in [-0.25, -0.2) is 4.79 Å². The molecule has 0 aliphatic rings. The van der Waals surface area contributed by atoms with Crippen molar-refractivity contribution in [2.75, 3.05) is 18.9 Å². The number of rotatable bonds is 5. The van der Waals surface area contributed by atoms with Gasteiger partial charge in [-0.1, -0.05) is 6.92 Å². The van der Waals surface area contributed by atoms with Crippen molar-refractivity contribution in [2.45, 2.75) is 13.3 Å². The highest BCUT2D eigenvalue weighted by Gasteiger charge is 2.10. The Bertz CT molecular complexity index is 449. The van der Waals surface area contributed by atoms with Crippen LogP contribution in [-0.2, 0) is 9.53 Å². The smallest absolute Gasteiger partial charge is 0.338 e. The predicted molar refractivity (Wildman–Crippen MR) is 72.1 cm³/mol. The van der Waals surface area contributed by atoms with Gasteiger partial charge in [-0.3, -0.25) is 4.79 Å². The lowest BCUT2D eigenvalue weighted by Gasteiger charge is -2.06. The zero-order valence-corrected chi connectivity index (χ0v) is 11.6. The Labute approximate surface area is 114 Å². The molecule has 0 atom stereocenters. The molecule has 0 aromatic heterocycles. The van der Waals surface area contributed by atoms with Crippen molar-refractivity contribution in [1.82, 2.24) is 5.32 Å². The molecule has 3 N–H and O–H groups in total. The second kappa shape index (κ2) is 7.00. The third-order valence-corrected chi connectivity index (χ3v) is 2.86. The topological polar surface area (TPSA) is 81.4 Å². The summed E-state index contributed by atoms with van der Waals surface area (Å²) in [6.45, 7) is 2.23. The van der Waals surface area contributed by atoms with Gasteiger partial charge in [-0.2, -0.15) is 0 Å². The van der Waals surface area contributed by atoms with Gasteiger partial charge in [0.25, 0.3) is 5.91 Å². The van der Waals surface area contributed by atoms with E-state index in [1.165, 1.54) is 6.07 Å². The molecule has 0 spiro atoms. The van der Waals surface area contributed by atoms with E-state index in [0.29, 0.717) is 22.3 Å². The molecule has 1 rings (SSSR count). The number of carbonyl (C=O) groups excluding carboxylic acids is 2. The zero-order chi connectivity index (χ0) is 13.5. The maximum absolute atomic E-state index is 11.6. The number of carbonyl (C=O) groups is 2. The van der Waals surface area contributed by atoms with Crippen LogP contribution < -0.4 is 11.1 Å². The number of nitrogens with two attached hydrogens (primary N) is 1. The van der Waals surface area contributed by atoms with E-state index in [4.69, 9.17) is 10.5 Å². The van der Waals surface area contributed by atoms with Gasteiger partial charge in [0.05, 0.1) is 5.56 Å². The molecule has 1 amide bonds. The number of esters is 1. The molecule has 0 bridgehead atoms. The largest absolute Gasteiger partial charge is 0.452 e. The number of ether oxygens (including phenoxy) is 1. The predicted octanol–water partition coefficient (Wildman–Crippen LogP) is 1.71. The van der Waals surface area contributed by atoms with Crippen LogP contribution in [0, 0.1) is 0 Å². The molecule has 0 aliphatic carbocycles. The number of hydrogen-bond donors (Lipinski definition) is 2. The SMILES string of the molecule is CCCNC(=O)COC(=O)c1ccc(Br)c(N)c1. The average molecular weight is 315 g/mol. The van der Waals surface area contributed by atoms with Crippen molar-refractivity contribution >= 4 is 33.5 Å². The number of nitrogens with one attached hydrogen (secondary N) is 1. The van der Waals surface area contributed by atoms with Crippen LogP contribution in [0.1, 0.15) is 23.7 Å². The molecule has 6 heteroatoms. The molecule has 18 heavy (non-hydrogen) atoms. The van der Waals surface area contributed by atoms with E-state index >= 15 is 0 Å². The summed E-state index contributed by atoms with van der Waals surface area (Å²) >= 11 is 3.23. The quantitative estimate of drug-likeness (QED) is 0.640. The second-order valence-electron chi connectivity index (χ2n) is 3.66. The Balaban J connectivity index is 2.50. The third kappa shape index (κ3) is 4.37. The molecular weight excluding hydrogens is 300 g/mol. The van der Waals surface area contributed by atoms with Crippen molar-refractivity contribution in [3.8, 4) is 0 Å². The minimum Gasteiger partial charge on any atom is -0.452 e. The summed E-state index contributed by atoms with van der Waals surface area (Å²) < 4.78 is 5.57. The molecule has 0 heterocycles. The molecule has 0 unspecified atom stereocenters. The lowest BCUT2D eigenvalue weighted by molar-refractivity contribution is -0.124. The van der Waals surface area contributed by atoms with Gasteiger partial charge in [-0.05, 0) is 40.5 Å². The van der Waals surface area contributed by atoms with Gasteiger partial charge < -0.3 is 15.8 Å². The molecule has 5 nitrogen and oxygen atoms in total. The molecule has 1 aromatic rings. The Hall–Kier alpha value is -1.56. The van der Waals surface area contributed by atoms with E-state index in [0.717, 1.165) is 6.42 Å². The summed E-state index contributed by atoms with van der Waals surface area (Å²) in [4.78, 5) is 22.9. The minimum atomic E-state index is -0.569. The Morgan fingerprint density at radius 3 is 2.78 bits per heavy atom. The normalized spacial score (nSPS) is 9.89. The van der Waals surface area contributed by atoms with Crippen molar-refractivity contribution in [2.24, 2.45) is 0 Å². The number of halogens is 1. The van der Waals surface area contributed by atoms with Crippen LogP contribution in [0.4, 0.5) is 5.69 Å². The molecule has 0 fully saturated rings. The highest BCUT2D eigenvalue weighted by molar-refractivity contribution is 9.10. The first-order valence-corrected chi connectivity index (χ1v) is 6.32. The van der Waals surface area contributed by atoms with Crippen LogP contribution in [0.25, 0.3) is 0 Å². The minimum absolute atomic E-state index is 0.283. The first kappa shape index (κ1) is 14.5. The maximum Gasteiger partial charge on any atom is 0.338 e. The van der Waals surface area contributed by atoms with Crippen molar-refractivity contribution < 1.29 is 14.3 Å². The number of benzene rings is 1. The van der Waals surface area contributed by atoms with E-state index in [2.05, 4.69) is 21.2 Å². The fourth-order valence-electron chi connectivity index (χ4n) is 1.20. The van der Waals surface area contributed by atoms with Gasteiger partial charge in [0, 0.05) is 16.7 Å². The maximum atomic E-state index is 11.6. The molecular formula is C12H15BrN2O3. The molecule has 0 aliphatic heterocycles. The molecule has 0 saturated heterocycles. The van der Waals surface area contributed by atoms with Crippen molar-refractivity contribution in [3.05, 3.63) is 28.2 Å². The Morgan fingerprint density at radius 2 is 2.17 bits per heavy atom. The van der Waals surface area contributed by atoms with E-state index in [1.54, 1.807) is 12.1 Å². The lowest BCUT2D eigenvalue weighted by atomic mass is 10.2. The van der Waals surface area contributed by atoms with Crippen molar-refractivity contribution in [3.63, 3.8) is 0 Å². The first-order chi connectivity index (χ1) is 8.54. The zero-order valence-electron chi connectivity index (χ0n) is 10.0. The highest BCUT2D eigenvalue weighted by Crippen LogP contribution is 2.20. The Kier molecular flexibility index (Phi) is 5.64. The monoisotopic (exact) mass is 314 g/mol. The summed E-state index contributed by atoms with van der Waals surface area (Å²) in [6, 6.07) is 4.73. The highest BCUT2D eigenvalue weighted by atomic mass is 79.9. The van der Waals surface area contributed by atoms with Gasteiger partial charge in [-0.15, -0.1) is 0 Å². The van der Waals surface area contributed by atoms with Crippen LogP contribution >= 0.6 is 15.9 Å². The fourth-order valence-corrected chi connectivity index (χ4v) is 1.45. The van der Waals surface area contributed by atoms with Gasteiger partial charge in [0.2, 0.25) is 0 Å². The van der Waals surface area contributed by atoms with Gasteiger partial charge in [0.1, 0.15) is 0 Å². The number of amides is 1. The summed E-state index contributed by atoms with van der Waals surface area (Å²) in [7, 11) is 0. The van der Waals surface area contributed by atoms with E-state index in [9.17, 15) is 9.59 Å². The van der Waals surface area contributed by atoms with E-state index in [1.807, 2.05) is 6.92 Å². The van der Waals surface area contributed by atoms with Gasteiger partial charge >= 0.3 is 5.97 Å². The van der Waals surface area contributed by atoms with Gasteiger partial charge in [0.15, 0.2) is 6.61 Å². The standard InChI is InChI=1S/C12H15BrN2O3/c1-2-5-15-11(16)7-18-12(17)8-3-4-9(13)10(14)6-8/h3-4,6H,2,5,7,14H2,1H3,(H,15,16). The lowest BCUT2D eigenvalue weighted by Crippen LogP contribution is -2.29. The van der Waals surface area contributed by atoms with Crippen LogP contribution in [0.3, 0.4) is 0 Å². The fraction of sp³-hybridized carbons (Fsp3) is 0.333. The second-order valence-corrected chi connectivity index (χ2v) is 4.52. The molecule has 1 aromatic carbocycles. The first-order valence-electron chi connectivity index (χ1n) is 5.53. The van der Waals surface area contributed by atoms with Crippen LogP contribution in [-0.4, -0.2) is 25.0 Å². The summed E-state index contributed by atoms with van der Waals surface area (Å²) in [5.41, 5.74) is 6.41. The molecule has 0 radical (unpaired) electrons. The molecule has 0 saturated carbocycles.